The fourth-order valence-corrected chi connectivity index (χ4v) is 3.27. The molecule has 0 aromatic carbocycles. The van der Waals surface area contributed by atoms with Crippen molar-refractivity contribution in [2.45, 2.75) is 43.3 Å². The van der Waals surface area contributed by atoms with Gasteiger partial charge in [-0.1, -0.05) is 12.8 Å². The molecule has 0 aliphatic carbocycles. The largest absolute Gasteiger partial charge is 0.354 e. The van der Waals surface area contributed by atoms with E-state index in [9.17, 15) is 5.11 Å². The minimum absolute atomic E-state index is 0.881. The molecule has 0 radical (unpaired) electrons. The summed E-state index contributed by atoms with van der Waals surface area (Å²) in [6.45, 7) is 4.05. The van der Waals surface area contributed by atoms with Crippen LogP contribution in [0, 0.1) is 0 Å². The summed E-state index contributed by atoms with van der Waals surface area (Å²) in [5.41, 5.74) is 0. The highest BCUT2D eigenvalue weighted by Crippen LogP contribution is 2.30. The van der Waals surface area contributed by atoms with Gasteiger partial charge in [-0.15, -0.1) is 0 Å². The Morgan fingerprint density at radius 3 is 1.40 bits per heavy atom. The van der Waals surface area contributed by atoms with E-state index < -0.39 is 4.76 Å². The Balaban J connectivity index is 1.96. The molecule has 2 rings (SSSR count). The van der Waals surface area contributed by atoms with Crippen molar-refractivity contribution in [3.05, 3.63) is 0 Å². The summed E-state index contributed by atoms with van der Waals surface area (Å²) < 4.78 is -0.881. The van der Waals surface area contributed by atoms with Crippen LogP contribution in [-0.4, -0.2) is 45.8 Å². The van der Waals surface area contributed by atoms with Crippen molar-refractivity contribution >= 4 is 15.9 Å². The van der Waals surface area contributed by atoms with Crippen molar-refractivity contribution in [2.24, 2.45) is 0 Å². The molecular formula is C11H21BrN2O. The predicted molar refractivity (Wildman–Crippen MR) is 64.7 cm³/mol. The molecule has 3 nitrogen and oxygen atoms in total. The highest BCUT2D eigenvalue weighted by Gasteiger charge is 2.38. The molecule has 2 aliphatic rings. The molecule has 0 aromatic rings. The number of alkyl halides is 1. The van der Waals surface area contributed by atoms with Gasteiger partial charge in [0.2, 0.25) is 4.76 Å². The first kappa shape index (κ1) is 11.8. The van der Waals surface area contributed by atoms with Gasteiger partial charge in [0.1, 0.15) is 0 Å². The average Bonchev–Trinajstić information content (AvgIpc) is 2.31. The number of aliphatic hydroxyl groups is 1. The molecule has 2 saturated heterocycles. The third kappa shape index (κ3) is 2.73. The van der Waals surface area contributed by atoms with E-state index in [0.29, 0.717) is 0 Å². The quantitative estimate of drug-likeness (QED) is 0.617. The molecule has 4 heteroatoms. The van der Waals surface area contributed by atoms with Gasteiger partial charge < -0.3 is 5.11 Å². The SMILES string of the molecule is OC(Br)(N1CCCCC1)N1CCCCC1. The summed E-state index contributed by atoms with van der Waals surface area (Å²) in [5, 5.41) is 10.5. The van der Waals surface area contributed by atoms with Gasteiger partial charge in [0.25, 0.3) is 0 Å². The zero-order chi connectivity index (χ0) is 10.7. The maximum atomic E-state index is 10.5. The van der Waals surface area contributed by atoms with Crippen molar-refractivity contribution in [2.75, 3.05) is 26.2 Å². The van der Waals surface area contributed by atoms with Crippen LogP contribution in [0.1, 0.15) is 38.5 Å². The van der Waals surface area contributed by atoms with Gasteiger partial charge in [0.15, 0.2) is 0 Å². The molecule has 15 heavy (non-hydrogen) atoms. The van der Waals surface area contributed by atoms with Crippen LogP contribution < -0.4 is 0 Å². The van der Waals surface area contributed by atoms with Gasteiger partial charge in [-0.2, -0.15) is 0 Å². The standard InChI is InChI=1S/C11H21BrN2O/c12-11(15,13-7-3-1-4-8-13)14-9-5-2-6-10-14/h15H,1-10H2. The van der Waals surface area contributed by atoms with Crippen LogP contribution in [-0.2, 0) is 0 Å². The second-order valence-electron chi connectivity index (χ2n) is 4.65. The number of rotatable bonds is 2. The van der Waals surface area contributed by atoms with Crippen LogP contribution in [0.2, 0.25) is 0 Å². The van der Waals surface area contributed by atoms with E-state index >= 15 is 0 Å². The highest BCUT2D eigenvalue weighted by molar-refractivity contribution is 9.10. The maximum absolute atomic E-state index is 10.5. The zero-order valence-electron chi connectivity index (χ0n) is 9.29. The normalized spacial score (nSPS) is 26.8. The van der Waals surface area contributed by atoms with E-state index in [1.165, 1.54) is 38.5 Å². The molecule has 0 atom stereocenters. The Labute approximate surface area is 101 Å². The van der Waals surface area contributed by atoms with Crippen molar-refractivity contribution in [3.63, 3.8) is 0 Å². The zero-order valence-corrected chi connectivity index (χ0v) is 10.9. The van der Waals surface area contributed by atoms with Gasteiger partial charge in [-0.25, -0.2) is 0 Å². The van der Waals surface area contributed by atoms with Gasteiger partial charge in [-0.3, -0.25) is 9.80 Å². The van der Waals surface area contributed by atoms with Crippen molar-refractivity contribution in [1.29, 1.82) is 0 Å². The summed E-state index contributed by atoms with van der Waals surface area (Å²) in [5.74, 6) is 0. The molecular weight excluding hydrogens is 256 g/mol. The van der Waals surface area contributed by atoms with Crippen molar-refractivity contribution in [3.8, 4) is 0 Å². The van der Waals surface area contributed by atoms with Crippen LogP contribution in [0.3, 0.4) is 0 Å². The fraction of sp³-hybridized carbons (Fsp3) is 1.00. The first-order valence-corrected chi connectivity index (χ1v) is 6.92. The Morgan fingerprint density at radius 2 is 1.07 bits per heavy atom. The van der Waals surface area contributed by atoms with E-state index in [0.717, 1.165) is 26.2 Å². The number of likely N-dealkylation sites (tertiary alicyclic amines) is 2. The monoisotopic (exact) mass is 276 g/mol. The summed E-state index contributed by atoms with van der Waals surface area (Å²) >= 11 is 3.51. The number of nitrogens with zero attached hydrogens (tertiary/aromatic N) is 2. The van der Waals surface area contributed by atoms with Crippen molar-refractivity contribution in [1.82, 2.24) is 9.80 Å². The lowest BCUT2D eigenvalue weighted by Crippen LogP contribution is -2.59. The summed E-state index contributed by atoms with van der Waals surface area (Å²) in [7, 11) is 0. The first-order chi connectivity index (χ1) is 7.21. The first-order valence-electron chi connectivity index (χ1n) is 6.12. The molecule has 0 bridgehead atoms. The Morgan fingerprint density at radius 1 is 0.733 bits per heavy atom. The van der Waals surface area contributed by atoms with Crippen LogP contribution in [0.5, 0.6) is 0 Å². The Hall–Kier alpha value is 0.360. The van der Waals surface area contributed by atoms with E-state index in [-0.39, 0.29) is 0 Å². The third-order valence-electron chi connectivity index (χ3n) is 3.52. The molecule has 1 N–H and O–H groups in total. The van der Waals surface area contributed by atoms with Crippen LogP contribution in [0.4, 0.5) is 0 Å². The summed E-state index contributed by atoms with van der Waals surface area (Å²) in [6.07, 6.45) is 7.45. The second kappa shape index (κ2) is 5.13. The van der Waals surface area contributed by atoms with E-state index in [2.05, 4.69) is 25.7 Å². The molecule has 2 aliphatic heterocycles. The maximum Gasteiger partial charge on any atom is 0.236 e. The lowest BCUT2D eigenvalue weighted by molar-refractivity contribution is -0.149. The minimum Gasteiger partial charge on any atom is -0.354 e. The molecule has 0 saturated carbocycles. The average molecular weight is 277 g/mol. The number of hydrogen-bond acceptors (Lipinski definition) is 3. The second-order valence-corrected chi connectivity index (χ2v) is 5.71. The lowest BCUT2D eigenvalue weighted by atomic mass is 10.1. The lowest BCUT2D eigenvalue weighted by Gasteiger charge is -2.45. The number of halogens is 1. The molecule has 2 fully saturated rings. The van der Waals surface area contributed by atoms with Gasteiger partial charge in [0, 0.05) is 26.2 Å². The summed E-state index contributed by atoms with van der Waals surface area (Å²) in [4.78, 5) is 4.34. The minimum atomic E-state index is -0.881. The topological polar surface area (TPSA) is 26.7 Å². The van der Waals surface area contributed by atoms with E-state index in [1.54, 1.807) is 0 Å². The molecule has 0 unspecified atom stereocenters. The molecule has 0 spiro atoms. The van der Waals surface area contributed by atoms with Crippen LogP contribution in [0.25, 0.3) is 0 Å². The molecule has 0 aromatic heterocycles. The Kier molecular flexibility index (Phi) is 4.04. The van der Waals surface area contributed by atoms with Crippen molar-refractivity contribution < 1.29 is 5.11 Å². The fourth-order valence-electron chi connectivity index (χ4n) is 2.56. The Bertz CT molecular complexity index is 179. The highest BCUT2D eigenvalue weighted by atomic mass is 79.9. The molecule has 0 amide bonds. The van der Waals surface area contributed by atoms with Crippen LogP contribution in [0.15, 0.2) is 0 Å². The predicted octanol–water partition coefficient (Wildman–Crippen LogP) is 1.96. The number of hydrogen-bond donors (Lipinski definition) is 1. The van der Waals surface area contributed by atoms with E-state index in [4.69, 9.17) is 0 Å². The van der Waals surface area contributed by atoms with Gasteiger partial charge >= 0.3 is 0 Å². The van der Waals surface area contributed by atoms with Gasteiger partial charge in [-0.05, 0) is 41.6 Å². The summed E-state index contributed by atoms with van der Waals surface area (Å²) in [6, 6.07) is 0. The smallest absolute Gasteiger partial charge is 0.236 e. The number of piperidine rings is 2. The van der Waals surface area contributed by atoms with Gasteiger partial charge in [0.05, 0.1) is 0 Å². The molecule has 88 valence electrons. The third-order valence-corrected chi connectivity index (χ3v) is 4.52. The molecule has 2 heterocycles. The van der Waals surface area contributed by atoms with E-state index in [1.807, 2.05) is 0 Å². The van der Waals surface area contributed by atoms with Crippen LogP contribution >= 0.6 is 15.9 Å².